The van der Waals surface area contributed by atoms with Crippen LogP contribution in [0.5, 0.6) is 0 Å². The number of carbonyl (C=O) groups is 1. The first-order valence-electron chi connectivity index (χ1n) is 5.28. The highest BCUT2D eigenvalue weighted by molar-refractivity contribution is 5.66. The monoisotopic (exact) mass is 201 g/mol. The summed E-state index contributed by atoms with van der Waals surface area (Å²) in [6.07, 6.45) is 2.11. The van der Waals surface area contributed by atoms with Crippen LogP contribution in [0.25, 0.3) is 0 Å². The van der Waals surface area contributed by atoms with Gasteiger partial charge >= 0.3 is 5.97 Å². The van der Waals surface area contributed by atoms with E-state index in [0.29, 0.717) is 6.42 Å². The maximum atomic E-state index is 10.4. The third kappa shape index (κ3) is 4.07. The van der Waals surface area contributed by atoms with Crippen molar-refractivity contribution >= 4 is 5.97 Å². The van der Waals surface area contributed by atoms with Crippen LogP contribution in [0.15, 0.2) is 0 Å². The first-order valence-corrected chi connectivity index (χ1v) is 5.28. The van der Waals surface area contributed by atoms with E-state index >= 15 is 0 Å². The molecule has 0 amide bonds. The van der Waals surface area contributed by atoms with Gasteiger partial charge < -0.3 is 9.84 Å². The minimum absolute atomic E-state index is 0.117. The standard InChI is InChI=1S/C10H19NO3/c1-2-5-11-6-7-14-9(8-11)3-4-10(12)13/h9H,2-8H2,1H3,(H,12,13)/t9-/m0/s1. The van der Waals surface area contributed by atoms with Gasteiger partial charge in [-0.3, -0.25) is 9.69 Å². The van der Waals surface area contributed by atoms with E-state index in [1.54, 1.807) is 0 Å². The van der Waals surface area contributed by atoms with Crippen LogP contribution in [0.4, 0.5) is 0 Å². The van der Waals surface area contributed by atoms with Crippen LogP contribution in [-0.2, 0) is 9.53 Å². The summed E-state index contributed by atoms with van der Waals surface area (Å²) in [4.78, 5) is 12.7. The van der Waals surface area contributed by atoms with Gasteiger partial charge in [0.15, 0.2) is 0 Å². The minimum atomic E-state index is -0.735. The maximum Gasteiger partial charge on any atom is 0.303 e. The molecule has 0 aliphatic carbocycles. The second-order valence-corrected chi connectivity index (χ2v) is 3.73. The van der Waals surface area contributed by atoms with Crippen molar-refractivity contribution in [1.82, 2.24) is 4.90 Å². The molecule has 1 saturated heterocycles. The highest BCUT2D eigenvalue weighted by Crippen LogP contribution is 2.10. The predicted octanol–water partition coefficient (Wildman–Crippen LogP) is 0.962. The van der Waals surface area contributed by atoms with E-state index in [2.05, 4.69) is 11.8 Å². The van der Waals surface area contributed by atoms with Crippen molar-refractivity contribution in [3.05, 3.63) is 0 Å². The Balaban J connectivity index is 2.21. The zero-order valence-corrected chi connectivity index (χ0v) is 8.74. The molecule has 1 aliphatic heterocycles. The normalized spacial score (nSPS) is 23.6. The van der Waals surface area contributed by atoms with Crippen molar-refractivity contribution in [3.63, 3.8) is 0 Å². The molecule has 4 heteroatoms. The van der Waals surface area contributed by atoms with E-state index in [1.807, 2.05) is 0 Å². The number of hydrogen-bond acceptors (Lipinski definition) is 3. The van der Waals surface area contributed by atoms with Crippen molar-refractivity contribution in [2.75, 3.05) is 26.2 Å². The largest absolute Gasteiger partial charge is 0.481 e. The van der Waals surface area contributed by atoms with E-state index in [0.717, 1.165) is 32.7 Å². The fourth-order valence-corrected chi connectivity index (χ4v) is 1.76. The summed E-state index contributed by atoms with van der Waals surface area (Å²) < 4.78 is 5.50. The van der Waals surface area contributed by atoms with Crippen molar-refractivity contribution in [1.29, 1.82) is 0 Å². The van der Waals surface area contributed by atoms with Gasteiger partial charge in [0.25, 0.3) is 0 Å². The lowest BCUT2D eigenvalue weighted by molar-refractivity contribution is -0.138. The first kappa shape index (κ1) is 11.5. The number of carboxylic acids is 1. The second kappa shape index (κ2) is 5.98. The summed E-state index contributed by atoms with van der Waals surface area (Å²) in [5.74, 6) is -0.735. The Hall–Kier alpha value is -0.610. The zero-order chi connectivity index (χ0) is 10.4. The van der Waals surface area contributed by atoms with Gasteiger partial charge in [0, 0.05) is 19.5 Å². The third-order valence-electron chi connectivity index (χ3n) is 2.44. The lowest BCUT2D eigenvalue weighted by Gasteiger charge is -2.32. The third-order valence-corrected chi connectivity index (χ3v) is 2.44. The Kier molecular flexibility index (Phi) is 4.90. The van der Waals surface area contributed by atoms with E-state index in [9.17, 15) is 4.79 Å². The predicted molar refractivity (Wildman–Crippen MR) is 53.3 cm³/mol. The van der Waals surface area contributed by atoms with Crippen LogP contribution >= 0.6 is 0 Å². The molecule has 0 aromatic rings. The quantitative estimate of drug-likeness (QED) is 0.720. The van der Waals surface area contributed by atoms with Crippen LogP contribution in [0.3, 0.4) is 0 Å². The number of aliphatic carboxylic acids is 1. The van der Waals surface area contributed by atoms with Crippen molar-refractivity contribution in [2.45, 2.75) is 32.3 Å². The van der Waals surface area contributed by atoms with E-state index in [4.69, 9.17) is 9.84 Å². The van der Waals surface area contributed by atoms with Crippen LogP contribution in [-0.4, -0.2) is 48.3 Å². The Labute approximate surface area is 84.8 Å². The molecule has 0 unspecified atom stereocenters. The molecule has 0 saturated carbocycles. The van der Waals surface area contributed by atoms with Crippen LogP contribution in [0, 0.1) is 0 Å². The van der Waals surface area contributed by atoms with Gasteiger partial charge in [-0.1, -0.05) is 6.92 Å². The SMILES string of the molecule is CCCN1CCO[C@@H](CCC(=O)O)C1. The number of carboxylic acid groups (broad SMARTS) is 1. The summed E-state index contributed by atoms with van der Waals surface area (Å²) in [5.41, 5.74) is 0. The molecule has 1 atom stereocenters. The molecule has 4 nitrogen and oxygen atoms in total. The molecule has 0 aromatic heterocycles. The Morgan fingerprint density at radius 2 is 2.43 bits per heavy atom. The number of hydrogen-bond donors (Lipinski definition) is 1. The summed E-state index contributed by atoms with van der Waals surface area (Å²) in [6, 6.07) is 0. The van der Waals surface area contributed by atoms with Gasteiger partial charge in [0.2, 0.25) is 0 Å². The van der Waals surface area contributed by atoms with Gasteiger partial charge in [-0.05, 0) is 19.4 Å². The smallest absolute Gasteiger partial charge is 0.303 e. The molecular formula is C10H19NO3. The lowest BCUT2D eigenvalue weighted by Crippen LogP contribution is -2.42. The maximum absolute atomic E-state index is 10.4. The average molecular weight is 201 g/mol. The molecule has 0 bridgehead atoms. The number of nitrogens with zero attached hydrogens (tertiary/aromatic N) is 1. The highest BCUT2D eigenvalue weighted by Gasteiger charge is 2.20. The molecule has 1 rings (SSSR count). The summed E-state index contributed by atoms with van der Waals surface area (Å²) >= 11 is 0. The van der Waals surface area contributed by atoms with Crippen molar-refractivity contribution in [2.24, 2.45) is 0 Å². The van der Waals surface area contributed by atoms with Crippen LogP contribution in [0.1, 0.15) is 26.2 Å². The summed E-state index contributed by atoms with van der Waals surface area (Å²) in [5, 5.41) is 8.54. The Morgan fingerprint density at radius 1 is 1.64 bits per heavy atom. The lowest BCUT2D eigenvalue weighted by atomic mass is 10.1. The molecule has 1 fully saturated rings. The molecule has 0 spiro atoms. The number of ether oxygens (including phenoxy) is 1. The fourth-order valence-electron chi connectivity index (χ4n) is 1.76. The molecule has 1 heterocycles. The molecule has 0 radical (unpaired) electrons. The van der Waals surface area contributed by atoms with Crippen LogP contribution in [0.2, 0.25) is 0 Å². The van der Waals surface area contributed by atoms with Gasteiger partial charge in [0.1, 0.15) is 0 Å². The molecule has 1 N–H and O–H groups in total. The molecule has 0 aromatic carbocycles. The topological polar surface area (TPSA) is 49.8 Å². The molecule has 1 aliphatic rings. The molecule has 14 heavy (non-hydrogen) atoms. The van der Waals surface area contributed by atoms with E-state index < -0.39 is 5.97 Å². The van der Waals surface area contributed by atoms with Crippen molar-refractivity contribution < 1.29 is 14.6 Å². The van der Waals surface area contributed by atoms with Gasteiger partial charge in [-0.25, -0.2) is 0 Å². The van der Waals surface area contributed by atoms with Gasteiger partial charge in [0.05, 0.1) is 12.7 Å². The summed E-state index contributed by atoms with van der Waals surface area (Å²) in [6.45, 7) is 5.86. The average Bonchev–Trinajstić information content (AvgIpc) is 2.16. The first-order chi connectivity index (χ1) is 6.72. The Bertz CT molecular complexity index is 182. The van der Waals surface area contributed by atoms with Crippen molar-refractivity contribution in [3.8, 4) is 0 Å². The Morgan fingerprint density at radius 3 is 3.07 bits per heavy atom. The van der Waals surface area contributed by atoms with Gasteiger partial charge in [-0.2, -0.15) is 0 Å². The van der Waals surface area contributed by atoms with Gasteiger partial charge in [-0.15, -0.1) is 0 Å². The van der Waals surface area contributed by atoms with E-state index in [-0.39, 0.29) is 12.5 Å². The van der Waals surface area contributed by atoms with Crippen LogP contribution < -0.4 is 0 Å². The second-order valence-electron chi connectivity index (χ2n) is 3.73. The van der Waals surface area contributed by atoms with E-state index in [1.165, 1.54) is 0 Å². The minimum Gasteiger partial charge on any atom is -0.481 e. The fraction of sp³-hybridized carbons (Fsp3) is 0.900. The molecular weight excluding hydrogens is 182 g/mol. The molecule has 82 valence electrons. The number of morpholine rings is 1. The highest BCUT2D eigenvalue weighted by atomic mass is 16.5. The zero-order valence-electron chi connectivity index (χ0n) is 8.74. The summed E-state index contributed by atoms with van der Waals surface area (Å²) in [7, 11) is 0. The number of rotatable bonds is 5.